The first-order valence-electron chi connectivity index (χ1n) is 10.8. The Kier molecular flexibility index (Phi) is 6.66. The number of hydrogen-bond acceptors (Lipinski definition) is 6. The molecule has 0 aliphatic carbocycles. The van der Waals surface area contributed by atoms with E-state index in [0.717, 1.165) is 49.2 Å². The lowest BCUT2D eigenvalue weighted by atomic mass is 10.0. The van der Waals surface area contributed by atoms with Gasteiger partial charge in [-0.15, -0.1) is 11.3 Å². The second-order valence-corrected chi connectivity index (χ2v) is 11.3. The Hall–Kier alpha value is -2.27. The van der Waals surface area contributed by atoms with E-state index in [9.17, 15) is 18.0 Å². The number of carbonyl (C=O) groups excluding carboxylic acids is 2. The minimum atomic E-state index is -3.55. The Bertz CT molecular complexity index is 1120. The van der Waals surface area contributed by atoms with Gasteiger partial charge in [0.1, 0.15) is 5.00 Å². The third kappa shape index (κ3) is 4.45. The van der Waals surface area contributed by atoms with Crippen LogP contribution < -0.4 is 10.6 Å². The molecule has 4 rings (SSSR count). The first kappa shape index (κ1) is 22.9. The monoisotopic (exact) mass is 476 g/mol. The fraction of sp³-hybridized carbons (Fsp3) is 0.455. The van der Waals surface area contributed by atoms with Gasteiger partial charge in [0.25, 0.3) is 11.8 Å². The number of sulfonamides is 1. The third-order valence-corrected chi connectivity index (χ3v) is 9.04. The van der Waals surface area contributed by atoms with Gasteiger partial charge in [-0.25, -0.2) is 8.42 Å². The molecule has 0 radical (unpaired) electrons. The molecule has 10 heteroatoms. The van der Waals surface area contributed by atoms with Gasteiger partial charge in [-0.3, -0.25) is 9.59 Å². The van der Waals surface area contributed by atoms with Gasteiger partial charge in [0.05, 0.1) is 10.5 Å². The van der Waals surface area contributed by atoms with E-state index in [2.05, 4.69) is 15.5 Å². The summed E-state index contributed by atoms with van der Waals surface area (Å²) in [6.45, 7) is 2.66. The van der Waals surface area contributed by atoms with Crippen molar-refractivity contribution in [2.24, 2.45) is 0 Å². The molecule has 0 unspecified atom stereocenters. The second-order valence-electron chi connectivity index (χ2n) is 8.22. The molecule has 172 valence electrons. The summed E-state index contributed by atoms with van der Waals surface area (Å²) < 4.78 is 27.2. The molecule has 1 saturated heterocycles. The van der Waals surface area contributed by atoms with E-state index >= 15 is 0 Å². The average molecular weight is 477 g/mol. The van der Waals surface area contributed by atoms with Crippen molar-refractivity contribution in [1.82, 2.24) is 14.5 Å². The Morgan fingerprint density at radius 1 is 1.00 bits per heavy atom. The summed E-state index contributed by atoms with van der Waals surface area (Å²) in [7, 11) is 0.0596. The zero-order valence-electron chi connectivity index (χ0n) is 18.3. The molecule has 0 atom stereocenters. The maximum absolute atomic E-state index is 12.9. The number of likely N-dealkylation sites (N-methyl/N-ethyl adjacent to an activating group) is 1. The van der Waals surface area contributed by atoms with Gasteiger partial charge in [0, 0.05) is 43.7 Å². The number of benzene rings is 1. The number of anilines is 1. The summed E-state index contributed by atoms with van der Waals surface area (Å²) in [5, 5.41) is 6.07. The maximum atomic E-state index is 12.9. The maximum Gasteiger partial charge on any atom is 0.256 e. The van der Waals surface area contributed by atoms with Gasteiger partial charge < -0.3 is 15.5 Å². The van der Waals surface area contributed by atoms with Crippen LogP contribution in [0.3, 0.4) is 0 Å². The van der Waals surface area contributed by atoms with Crippen molar-refractivity contribution in [3.8, 4) is 0 Å². The van der Waals surface area contributed by atoms with Gasteiger partial charge in [-0.1, -0.05) is 6.42 Å². The number of nitrogens with one attached hydrogen (secondary N) is 2. The molecule has 0 saturated carbocycles. The van der Waals surface area contributed by atoms with Crippen molar-refractivity contribution in [1.29, 1.82) is 0 Å². The zero-order chi connectivity index (χ0) is 22.9. The van der Waals surface area contributed by atoms with Gasteiger partial charge >= 0.3 is 0 Å². The summed E-state index contributed by atoms with van der Waals surface area (Å²) in [4.78, 5) is 28.9. The number of fused-ring (bicyclic) bond motifs is 1. The summed E-state index contributed by atoms with van der Waals surface area (Å²) in [5.41, 5.74) is 1.86. The topological polar surface area (TPSA) is 98.8 Å². The van der Waals surface area contributed by atoms with E-state index < -0.39 is 10.0 Å². The van der Waals surface area contributed by atoms with Crippen LogP contribution in [0.25, 0.3) is 0 Å². The molecule has 2 aliphatic heterocycles. The predicted octanol–water partition coefficient (Wildman–Crippen LogP) is 2.52. The summed E-state index contributed by atoms with van der Waals surface area (Å²) >= 11 is 1.42. The van der Waals surface area contributed by atoms with Crippen LogP contribution in [0.2, 0.25) is 0 Å². The molecule has 1 aromatic heterocycles. The molecule has 3 heterocycles. The van der Waals surface area contributed by atoms with Crippen LogP contribution in [0.15, 0.2) is 29.2 Å². The van der Waals surface area contributed by atoms with E-state index in [4.69, 9.17) is 0 Å². The molecule has 1 fully saturated rings. The van der Waals surface area contributed by atoms with E-state index in [1.54, 1.807) is 7.05 Å². The van der Waals surface area contributed by atoms with Crippen molar-refractivity contribution in [2.45, 2.75) is 37.1 Å². The van der Waals surface area contributed by atoms with Crippen molar-refractivity contribution in [3.05, 3.63) is 45.8 Å². The number of carbonyl (C=O) groups is 2. The number of rotatable bonds is 5. The molecule has 2 aliphatic rings. The number of piperidine rings is 1. The predicted molar refractivity (Wildman–Crippen MR) is 125 cm³/mol. The van der Waals surface area contributed by atoms with E-state index in [0.29, 0.717) is 29.2 Å². The lowest BCUT2D eigenvalue weighted by Gasteiger charge is -2.25. The van der Waals surface area contributed by atoms with Crippen LogP contribution in [0.4, 0.5) is 5.00 Å². The van der Waals surface area contributed by atoms with Crippen LogP contribution in [-0.4, -0.2) is 63.2 Å². The van der Waals surface area contributed by atoms with Crippen molar-refractivity contribution in [3.63, 3.8) is 0 Å². The molecule has 0 spiro atoms. The highest BCUT2D eigenvalue weighted by Crippen LogP contribution is 2.37. The molecule has 0 bridgehead atoms. The quantitative estimate of drug-likeness (QED) is 0.691. The fourth-order valence-corrected chi connectivity index (χ4v) is 7.03. The van der Waals surface area contributed by atoms with Crippen molar-refractivity contribution < 1.29 is 18.0 Å². The third-order valence-electron chi connectivity index (χ3n) is 6.00. The van der Waals surface area contributed by atoms with Crippen molar-refractivity contribution in [2.75, 3.05) is 39.0 Å². The van der Waals surface area contributed by atoms with Gasteiger partial charge in [0.2, 0.25) is 10.0 Å². The lowest BCUT2D eigenvalue weighted by molar-refractivity contribution is 0.0963. The normalized spacial score (nSPS) is 17.6. The first-order chi connectivity index (χ1) is 15.3. The number of nitrogens with zero attached hydrogens (tertiary/aromatic N) is 2. The summed E-state index contributed by atoms with van der Waals surface area (Å²) in [5.74, 6) is -0.589. The molecule has 2 aromatic rings. The largest absolute Gasteiger partial charge is 0.355 e. The summed E-state index contributed by atoms with van der Waals surface area (Å²) in [6.07, 6.45) is 3.54. The molecule has 2 N–H and O–H groups in total. The minimum absolute atomic E-state index is 0.191. The van der Waals surface area contributed by atoms with Crippen molar-refractivity contribution >= 4 is 38.2 Å². The molecular weight excluding hydrogens is 448 g/mol. The minimum Gasteiger partial charge on any atom is -0.355 e. The number of hydrogen-bond donors (Lipinski definition) is 2. The summed E-state index contributed by atoms with van der Waals surface area (Å²) in [6, 6.07) is 6.00. The van der Waals surface area contributed by atoms with Crippen LogP contribution in [0, 0.1) is 0 Å². The average Bonchev–Trinajstić information content (AvgIpc) is 3.15. The number of thiophene rings is 1. The van der Waals surface area contributed by atoms with Gasteiger partial charge in [-0.05, 0) is 56.1 Å². The van der Waals surface area contributed by atoms with Gasteiger partial charge in [-0.2, -0.15) is 4.31 Å². The van der Waals surface area contributed by atoms with Crippen LogP contribution in [-0.2, 0) is 23.0 Å². The highest BCUT2D eigenvalue weighted by Gasteiger charge is 2.28. The van der Waals surface area contributed by atoms with Crippen LogP contribution in [0.1, 0.15) is 50.4 Å². The highest BCUT2D eigenvalue weighted by atomic mass is 32.2. The van der Waals surface area contributed by atoms with E-state index in [1.807, 2.05) is 7.05 Å². The Balaban J connectivity index is 1.55. The highest BCUT2D eigenvalue weighted by molar-refractivity contribution is 7.89. The lowest BCUT2D eigenvalue weighted by Crippen LogP contribution is -2.35. The van der Waals surface area contributed by atoms with Crippen LogP contribution >= 0.6 is 11.3 Å². The standard InChI is InChI=1S/C22H28N4O4S2/c1-23-21(28)19-17-10-13-25(2)14-18(17)31-22(19)24-20(27)15-6-8-16(9-7-15)32(29,30)26-11-4-3-5-12-26/h6-9H,3-5,10-14H2,1-2H3,(H,23,28)(H,24,27). The molecule has 1 aromatic carbocycles. The first-order valence-corrected chi connectivity index (χ1v) is 13.0. The fourth-order valence-electron chi connectivity index (χ4n) is 4.19. The smallest absolute Gasteiger partial charge is 0.256 e. The zero-order valence-corrected chi connectivity index (χ0v) is 19.9. The molecular formula is C22H28N4O4S2. The van der Waals surface area contributed by atoms with Crippen LogP contribution in [0.5, 0.6) is 0 Å². The van der Waals surface area contributed by atoms with E-state index in [1.165, 1.54) is 39.9 Å². The molecule has 2 amide bonds. The number of amides is 2. The molecule has 8 nitrogen and oxygen atoms in total. The van der Waals surface area contributed by atoms with Gasteiger partial charge in [0.15, 0.2) is 0 Å². The SMILES string of the molecule is CNC(=O)c1c(NC(=O)c2ccc(S(=O)(=O)N3CCCCC3)cc2)sc2c1CCN(C)C2. The Morgan fingerprint density at radius 3 is 2.34 bits per heavy atom. The molecule has 32 heavy (non-hydrogen) atoms. The Labute approximate surface area is 192 Å². The Morgan fingerprint density at radius 2 is 1.69 bits per heavy atom. The van der Waals surface area contributed by atoms with E-state index in [-0.39, 0.29) is 16.7 Å². The second kappa shape index (κ2) is 9.30.